The predicted octanol–water partition coefficient (Wildman–Crippen LogP) is 2.62. The van der Waals surface area contributed by atoms with Crippen molar-refractivity contribution in [3.63, 3.8) is 0 Å². The van der Waals surface area contributed by atoms with Gasteiger partial charge in [-0.15, -0.1) is 0 Å². The average Bonchev–Trinajstić information content (AvgIpc) is 2.17. The number of nitrogens with zero attached hydrogens (tertiary/aromatic N) is 1. The highest BCUT2D eigenvalue weighted by Crippen LogP contribution is 2.43. The Morgan fingerprint density at radius 3 is 2.53 bits per heavy atom. The first-order chi connectivity index (χ1) is 7.10. The highest BCUT2D eigenvalue weighted by molar-refractivity contribution is 5.82. The molecule has 0 aromatic heterocycles. The Balaban J connectivity index is 2.12. The van der Waals surface area contributed by atoms with Crippen LogP contribution in [0.1, 0.15) is 52.9 Å². The van der Waals surface area contributed by atoms with E-state index in [1.165, 1.54) is 25.7 Å². The number of piperidine rings is 1. The minimum Gasteiger partial charge on any atom is -0.299 e. The molecule has 0 aromatic carbocycles. The number of likely N-dealkylation sites (tertiary alicyclic amines) is 1. The molecule has 0 radical (unpaired) electrons. The van der Waals surface area contributed by atoms with Crippen molar-refractivity contribution >= 4 is 5.78 Å². The molecule has 86 valence electrons. The number of ketones is 1. The van der Waals surface area contributed by atoms with Crippen LogP contribution in [0.2, 0.25) is 0 Å². The van der Waals surface area contributed by atoms with Crippen molar-refractivity contribution in [1.82, 2.24) is 4.90 Å². The molecule has 0 amide bonds. The third-order valence-corrected chi connectivity index (χ3v) is 4.87. The van der Waals surface area contributed by atoms with E-state index in [-0.39, 0.29) is 5.92 Å². The van der Waals surface area contributed by atoms with E-state index in [2.05, 4.69) is 25.7 Å². The first-order valence-corrected chi connectivity index (χ1v) is 6.40. The molecule has 1 saturated carbocycles. The normalized spacial score (nSPS) is 36.3. The standard InChI is InChI=1S/C13H23NO/c1-4-13(7-5-8-13)14-9-6-12(15)10(2)11(14)3/h10-11H,4-9H2,1-3H3. The van der Waals surface area contributed by atoms with Gasteiger partial charge >= 0.3 is 0 Å². The molecule has 1 heterocycles. The predicted molar refractivity (Wildman–Crippen MR) is 61.8 cm³/mol. The zero-order chi connectivity index (χ0) is 11.1. The molecule has 2 heteroatoms. The minimum absolute atomic E-state index is 0.239. The van der Waals surface area contributed by atoms with E-state index in [0.717, 1.165) is 13.0 Å². The molecular weight excluding hydrogens is 186 g/mol. The van der Waals surface area contributed by atoms with Gasteiger partial charge in [-0.05, 0) is 32.6 Å². The number of rotatable bonds is 2. The number of hydrogen-bond donors (Lipinski definition) is 0. The molecule has 1 saturated heterocycles. The highest BCUT2D eigenvalue weighted by Gasteiger charge is 2.46. The first-order valence-electron chi connectivity index (χ1n) is 6.40. The SMILES string of the molecule is CCC1(N2CCC(=O)C(C)C2C)CCC1. The Morgan fingerprint density at radius 2 is 2.07 bits per heavy atom. The molecular formula is C13H23NO. The zero-order valence-electron chi connectivity index (χ0n) is 10.3. The molecule has 2 atom stereocenters. The number of Topliss-reactive ketones (excluding diaryl/α,β-unsaturated/α-hetero) is 1. The Hall–Kier alpha value is -0.370. The molecule has 1 aliphatic heterocycles. The van der Waals surface area contributed by atoms with Gasteiger partial charge in [0, 0.05) is 30.5 Å². The Morgan fingerprint density at radius 1 is 1.40 bits per heavy atom. The summed E-state index contributed by atoms with van der Waals surface area (Å²) in [7, 11) is 0. The van der Waals surface area contributed by atoms with Crippen LogP contribution < -0.4 is 0 Å². The van der Waals surface area contributed by atoms with E-state index in [4.69, 9.17) is 0 Å². The van der Waals surface area contributed by atoms with Crippen LogP contribution in [0.25, 0.3) is 0 Å². The summed E-state index contributed by atoms with van der Waals surface area (Å²) in [5.41, 5.74) is 0.453. The molecule has 0 bridgehead atoms. The fraction of sp³-hybridized carbons (Fsp3) is 0.923. The van der Waals surface area contributed by atoms with Gasteiger partial charge in [-0.2, -0.15) is 0 Å². The molecule has 2 fully saturated rings. The lowest BCUT2D eigenvalue weighted by Crippen LogP contribution is -2.61. The third kappa shape index (κ3) is 1.63. The second-order valence-electron chi connectivity index (χ2n) is 5.37. The van der Waals surface area contributed by atoms with Crippen LogP contribution in [0.4, 0.5) is 0 Å². The number of carbonyl (C=O) groups is 1. The van der Waals surface area contributed by atoms with Crippen molar-refractivity contribution in [3.05, 3.63) is 0 Å². The zero-order valence-corrected chi connectivity index (χ0v) is 10.3. The summed E-state index contributed by atoms with van der Waals surface area (Å²) in [5.74, 6) is 0.701. The molecule has 0 spiro atoms. The minimum atomic E-state index is 0.239. The van der Waals surface area contributed by atoms with Gasteiger partial charge in [0.2, 0.25) is 0 Å². The van der Waals surface area contributed by atoms with Crippen LogP contribution in [0.5, 0.6) is 0 Å². The van der Waals surface area contributed by atoms with Gasteiger partial charge in [-0.3, -0.25) is 9.69 Å². The van der Waals surface area contributed by atoms with Crippen LogP contribution in [0, 0.1) is 5.92 Å². The maximum absolute atomic E-state index is 11.6. The molecule has 1 aliphatic carbocycles. The lowest BCUT2D eigenvalue weighted by molar-refractivity contribution is -0.133. The maximum atomic E-state index is 11.6. The van der Waals surface area contributed by atoms with E-state index < -0.39 is 0 Å². The molecule has 2 rings (SSSR count). The smallest absolute Gasteiger partial charge is 0.138 e. The molecule has 15 heavy (non-hydrogen) atoms. The summed E-state index contributed by atoms with van der Waals surface area (Å²) in [6.45, 7) is 7.63. The maximum Gasteiger partial charge on any atom is 0.138 e. The van der Waals surface area contributed by atoms with Crippen molar-refractivity contribution < 1.29 is 4.79 Å². The Bertz CT molecular complexity index is 252. The molecule has 0 aromatic rings. The third-order valence-electron chi connectivity index (χ3n) is 4.87. The van der Waals surface area contributed by atoms with E-state index in [1.54, 1.807) is 0 Å². The summed E-state index contributed by atoms with van der Waals surface area (Å²) in [5, 5.41) is 0. The number of carbonyl (C=O) groups excluding carboxylic acids is 1. The lowest BCUT2D eigenvalue weighted by Gasteiger charge is -2.55. The molecule has 0 N–H and O–H groups in total. The van der Waals surface area contributed by atoms with Crippen molar-refractivity contribution in [2.24, 2.45) is 5.92 Å². The van der Waals surface area contributed by atoms with Gasteiger partial charge in [0.1, 0.15) is 5.78 Å². The summed E-state index contributed by atoms with van der Waals surface area (Å²) >= 11 is 0. The van der Waals surface area contributed by atoms with Gasteiger partial charge in [-0.25, -0.2) is 0 Å². The summed E-state index contributed by atoms with van der Waals surface area (Å²) in [6, 6.07) is 0.450. The lowest BCUT2D eigenvalue weighted by atomic mass is 9.71. The average molecular weight is 209 g/mol. The second kappa shape index (κ2) is 3.89. The Kier molecular flexibility index (Phi) is 2.89. The van der Waals surface area contributed by atoms with Gasteiger partial charge < -0.3 is 0 Å². The molecule has 2 nitrogen and oxygen atoms in total. The highest BCUT2D eigenvalue weighted by atomic mass is 16.1. The van der Waals surface area contributed by atoms with Crippen LogP contribution in [0.15, 0.2) is 0 Å². The second-order valence-corrected chi connectivity index (χ2v) is 5.37. The molecule has 2 unspecified atom stereocenters. The van der Waals surface area contributed by atoms with Gasteiger partial charge in [0.15, 0.2) is 0 Å². The van der Waals surface area contributed by atoms with E-state index in [1.807, 2.05) is 0 Å². The van der Waals surface area contributed by atoms with Crippen LogP contribution in [0.3, 0.4) is 0 Å². The summed E-state index contributed by atoms with van der Waals surface area (Å²) in [4.78, 5) is 14.3. The molecule has 2 aliphatic rings. The van der Waals surface area contributed by atoms with Gasteiger partial charge in [0.05, 0.1) is 0 Å². The fourth-order valence-electron chi connectivity index (χ4n) is 3.30. The fourth-order valence-corrected chi connectivity index (χ4v) is 3.30. The van der Waals surface area contributed by atoms with E-state index in [0.29, 0.717) is 17.4 Å². The Labute approximate surface area is 93.0 Å². The first kappa shape index (κ1) is 11.1. The summed E-state index contributed by atoms with van der Waals surface area (Å²) in [6.07, 6.45) is 6.08. The van der Waals surface area contributed by atoms with Crippen LogP contribution >= 0.6 is 0 Å². The summed E-state index contributed by atoms with van der Waals surface area (Å²) < 4.78 is 0. The monoisotopic (exact) mass is 209 g/mol. The van der Waals surface area contributed by atoms with Crippen LogP contribution in [-0.2, 0) is 4.79 Å². The topological polar surface area (TPSA) is 20.3 Å². The van der Waals surface area contributed by atoms with Crippen molar-refractivity contribution in [2.75, 3.05) is 6.54 Å². The largest absolute Gasteiger partial charge is 0.299 e. The van der Waals surface area contributed by atoms with Crippen molar-refractivity contribution in [1.29, 1.82) is 0 Å². The van der Waals surface area contributed by atoms with E-state index >= 15 is 0 Å². The van der Waals surface area contributed by atoms with E-state index in [9.17, 15) is 4.79 Å². The van der Waals surface area contributed by atoms with Gasteiger partial charge in [0.25, 0.3) is 0 Å². The quantitative estimate of drug-likeness (QED) is 0.697. The van der Waals surface area contributed by atoms with Crippen molar-refractivity contribution in [3.8, 4) is 0 Å². The number of hydrogen-bond acceptors (Lipinski definition) is 2. The van der Waals surface area contributed by atoms with Crippen LogP contribution in [-0.4, -0.2) is 28.8 Å². The van der Waals surface area contributed by atoms with Crippen molar-refractivity contribution in [2.45, 2.75) is 64.5 Å². The van der Waals surface area contributed by atoms with Gasteiger partial charge in [-0.1, -0.05) is 13.8 Å².